The predicted molar refractivity (Wildman–Crippen MR) is 103 cm³/mol. The summed E-state index contributed by atoms with van der Waals surface area (Å²) < 4.78 is 0. The molecule has 0 aliphatic carbocycles. The number of hydrogen-bond donors (Lipinski definition) is 0. The zero-order valence-electron chi connectivity index (χ0n) is 15.4. The molecule has 3 rings (SSSR count). The second-order valence-corrected chi connectivity index (χ2v) is 6.70. The first kappa shape index (κ1) is 18.1. The van der Waals surface area contributed by atoms with Crippen LogP contribution in [0, 0.1) is 0 Å². The Hall–Kier alpha value is -2.73. The third-order valence-electron chi connectivity index (χ3n) is 4.49. The molecule has 0 unspecified atom stereocenters. The van der Waals surface area contributed by atoms with Crippen LogP contribution in [0.3, 0.4) is 0 Å². The molecular formula is C20H25N5O. The molecule has 1 aliphatic heterocycles. The van der Waals surface area contributed by atoms with E-state index in [4.69, 9.17) is 0 Å². The molecule has 0 bridgehead atoms. The van der Waals surface area contributed by atoms with E-state index >= 15 is 0 Å². The van der Waals surface area contributed by atoms with Crippen LogP contribution < -0.4 is 0 Å². The summed E-state index contributed by atoms with van der Waals surface area (Å²) in [7, 11) is 3.83. The summed E-state index contributed by atoms with van der Waals surface area (Å²) in [6.45, 7) is 7.72. The fraction of sp³-hybridized carbons (Fsp3) is 0.350. The highest BCUT2D eigenvalue weighted by atomic mass is 16.2. The van der Waals surface area contributed by atoms with Gasteiger partial charge in [0.1, 0.15) is 0 Å². The average Bonchev–Trinajstić information content (AvgIpc) is 2.68. The number of pyridine rings is 2. The summed E-state index contributed by atoms with van der Waals surface area (Å²) in [6.07, 6.45) is 3.61. The van der Waals surface area contributed by atoms with E-state index in [0.717, 1.165) is 48.8 Å². The maximum absolute atomic E-state index is 12.2. The molecule has 3 heterocycles. The van der Waals surface area contributed by atoms with E-state index in [1.54, 1.807) is 6.20 Å². The highest BCUT2D eigenvalue weighted by molar-refractivity contribution is 5.78. The van der Waals surface area contributed by atoms with Crippen LogP contribution in [0.1, 0.15) is 5.56 Å². The maximum atomic E-state index is 12.2. The van der Waals surface area contributed by atoms with Crippen LogP contribution in [0.25, 0.3) is 17.1 Å². The second-order valence-electron chi connectivity index (χ2n) is 6.70. The largest absolute Gasteiger partial charge is 0.368 e. The average molecular weight is 351 g/mol. The fourth-order valence-electron chi connectivity index (χ4n) is 3.01. The molecule has 0 saturated carbocycles. The maximum Gasteiger partial charge on any atom is 0.236 e. The van der Waals surface area contributed by atoms with Crippen molar-refractivity contribution in [2.24, 2.45) is 0 Å². The van der Waals surface area contributed by atoms with Crippen molar-refractivity contribution >= 4 is 11.6 Å². The number of aromatic nitrogens is 2. The highest BCUT2D eigenvalue weighted by Crippen LogP contribution is 2.21. The molecule has 1 aliphatic rings. The fourth-order valence-corrected chi connectivity index (χ4v) is 3.01. The van der Waals surface area contributed by atoms with Gasteiger partial charge in [-0.15, -0.1) is 0 Å². The minimum atomic E-state index is 0.182. The molecule has 2 aromatic heterocycles. The molecule has 0 radical (unpaired) electrons. The number of amides is 1. The molecule has 1 saturated heterocycles. The quantitative estimate of drug-likeness (QED) is 0.822. The number of likely N-dealkylation sites (N-methyl/N-ethyl adjacent to an activating group) is 1. The van der Waals surface area contributed by atoms with Crippen molar-refractivity contribution < 1.29 is 4.79 Å². The Kier molecular flexibility index (Phi) is 5.63. The molecule has 0 N–H and O–H groups in total. The topological polar surface area (TPSA) is 52.6 Å². The molecule has 0 aromatic carbocycles. The van der Waals surface area contributed by atoms with Gasteiger partial charge in [-0.05, 0) is 38.4 Å². The lowest BCUT2D eigenvalue weighted by Crippen LogP contribution is -2.49. The van der Waals surface area contributed by atoms with Crippen molar-refractivity contribution in [1.29, 1.82) is 0 Å². The summed E-state index contributed by atoms with van der Waals surface area (Å²) in [4.78, 5) is 27.0. The lowest BCUT2D eigenvalue weighted by molar-refractivity contribution is -0.133. The number of carbonyl (C=O) groups excluding carboxylic acids is 1. The first-order valence-corrected chi connectivity index (χ1v) is 8.79. The Bertz CT molecular complexity index is 750. The van der Waals surface area contributed by atoms with Gasteiger partial charge in [-0.1, -0.05) is 12.6 Å². The predicted octanol–water partition coefficient (Wildman–Crippen LogP) is 1.82. The zero-order valence-corrected chi connectivity index (χ0v) is 15.4. The van der Waals surface area contributed by atoms with Gasteiger partial charge in [0.2, 0.25) is 5.91 Å². The molecular weight excluding hydrogens is 326 g/mol. The van der Waals surface area contributed by atoms with E-state index in [0.29, 0.717) is 6.54 Å². The highest BCUT2D eigenvalue weighted by Gasteiger charge is 2.22. The minimum Gasteiger partial charge on any atom is -0.368 e. The number of nitrogens with zero attached hydrogens (tertiary/aromatic N) is 5. The summed E-state index contributed by atoms with van der Waals surface area (Å²) in [5.41, 5.74) is 3.65. The number of rotatable bonds is 5. The zero-order chi connectivity index (χ0) is 18.5. The number of piperazine rings is 1. The summed E-state index contributed by atoms with van der Waals surface area (Å²) in [6, 6.07) is 9.79. The summed E-state index contributed by atoms with van der Waals surface area (Å²) in [5, 5.41) is 0. The minimum absolute atomic E-state index is 0.182. The number of carbonyl (C=O) groups is 1. The van der Waals surface area contributed by atoms with Crippen LogP contribution in [-0.2, 0) is 4.79 Å². The van der Waals surface area contributed by atoms with Gasteiger partial charge in [-0.25, -0.2) is 0 Å². The van der Waals surface area contributed by atoms with Crippen molar-refractivity contribution in [2.75, 3.05) is 46.8 Å². The van der Waals surface area contributed by atoms with E-state index in [9.17, 15) is 4.79 Å². The van der Waals surface area contributed by atoms with Gasteiger partial charge in [0.15, 0.2) is 0 Å². The second kappa shape index (κ2) is 8.10. The molecule has 6 heteroatoms. The molecule has 26 heavy (non-hydrogen) atoms. The van der Waals surface area contributed by atoms with E-state index in [-0.39, 0.29) is 5.91 Å². The van der Waals surface area contributed by atoms with Crippen LogP contribution >= 0.6 is 0 Å². The third-order valence-corrected chi connectivity index (χ3v) is 4.49. The van der Waals surface area contributed by atoms with E-state index in [2.05, 4.69) is 21.4 Å². The Morgan fingerprint density at radius 1 is 1.04 bits per heavy atom. The van der Waals surface area contributed by atoms with Gasteiger partial charge in [0.05, 0.1) is 17.9 Å². The van der Waals surface area contributed by atoms with Crippen molar-refractivity contribution in [2.45, 2.75) is 0 Å². The van der Waals surface area contributed by atoms with Crippen LogP contribution in [0.2, 0.25) is 0 Å². The van der Waals surface area contributed by atoms with E-state index in [1.165, 1.54) is 0 Å². The van der Waals surface area contributed by atoms with Crippen molar-refractivity contribution in [3.05, 3.63) is 54.9 Å². The van der Waals surface area contributed by atoms with Crippen LogP contribution in [-0.4, -0.2) is 77.4 Å². The van der Waals surface area contributed by atoms with Gasteiger partial charge in [0, 0.05) is 49.8 Å². The van der Waals surface area contributed by atoms with Crippen molar-refractivity contribution in [3.8, 4) is 11.4 Å². The lowest BCUT2D eigenvalue weighted by Gasteiger charge is -2.37. The Labute approximate surface area is 154 Å². The first-order valence-electron chi connectivity index (χ1n) is 8.79. The van der Waals surface area contributed by atoms with Gasteiger partial charge in [-0.2, -0.15) is 0 Å². The molecule has 1 fully saturated rings. The van der Waals surface area contributed by atoms with Crippen molar-refractivity contribution in [3.63, 3.8) is 0 Å². The summed E-state index contributed by atoms with van der Waals surface area (Å²) >= 11 is 0. The first-order chi connectivity index (χ1) is 12.5. The van der Waals surface area contributed by atoms with Gasteiger partial charge >= 0.3 is 0 Å². The van der Waals surface area contributed by atoms with Crippen molar-refractivity contribution in [1.82, 2.24) is 24.7 Å². The molecule has 2 aromatic rings. The van der Waals surface area contributed by atoms with E-state index in [1.807, 2.05) is 60.4 Å². The SMILES string of the molecule is C=C(c1ccc(-c2ccccn2)nc1)N1CCN(C(=O)CN(C)C)CC1. The molecule has 0 spiro atoms. The monoisotopic (exact) mass is 351 g/mol. The smallest absolute Gasteiger partial charge is 0.236 e. The van der Waals surface area contributed by atoms with Crippen LogP contribution in [0.5, 0.6) is 0 Å². The third kappa shape index (κ3) is 4.26. The molecule has 0 atom stereocenters. The van der Waals surface area contributed by atoms with Crippen LogP contribution in [0.15, 0.2) is 49.3 Å². The van der Waals surface area contributed by atoms with Gasteiger partial charge in [0.25, 0.3) is 0 Å². The Morgan fingerprint density at radius 3 is 2.31 bits per heavy atom. The van der Waals surface area contributed by atoms with Crippen LogP contribution in [0.4, 0.5) is 0 Å². The van der Waals surface area contributed by atoms with Gasteiger partial charge < -0.3 is 14.7 Å². The lowest BCUT2D eigenvalue weighted by atomic mass is 10.1. The molecule has 136 valence electrons. The Morgan fingerprint density at radius 2 is 1.73 bits per heavy atom. The number of hydrogen-bond acceptors (Lipinski definition) is 5. The Balaban J connectivity index is 1.59. The van der Waals surface area contributed by atoms with Gasteiger partial charge in [-0.3, -0.25) is 14.8 Å². The standard InChI is InChI=1S/C20H25N5O/c1-16(24-10-12-25(13-11-24)20(26)15-23(2)3)17-7-8-19(22-14-17)18-6-4-5-9-21-18/h4-9,14H,1,10-13,15H2,2-3H3. The van der Waals surface area contributed by atoms with E-state index < -0.39 is 0 Å². The summed E-state index contributed by atoms with van der Waals surface area (Å²) in [5.74, 6) is 0.182. The molecule has 6 nitrogen and oxygen atoms in total. The molecule has 1 amide bonds. The normalized spacial score (nSPS) is 14.6.